The number of nitrogens with zero attached hydrogens (tertiary/aromatic N) is 2. The van der Waals surface area contributed by atoms with Crippen molar-refractivity contribution in [3.8, 4) is 5.75 Å². The topological polar surface area (TPSA) is 165 Å². The van der Waals surface area contributed by atoms with Crippen molar-refractivity contribution in [3.63, 3.8) is 0 Å². The van der Waals surface area contributed by atoms with Crippen LogP contribution in [-0.2, 0) is 28.7 Å². The number of likely N-dealkylation sites (tertiary alicyclic amines) is 1. The van der Waals surface area contributed by atoms with Gasteiger partial charge >= 0.3 is 6.18 Å². The first-order chi connectivity index (χ1) is 19.8. The fourth-order valence-corrected chi connectivity index (χ4v) is 7.43. The summed E-state index contributed by atoms with van der Waals surface area (Å²) in [5, 5.41) is 44.8. The van der Waals surface area contributed by atoms with Crippen LogP contribution < -0.4 is 5.73 Å². The highest BCUT2D eigenvalue weighted by Gasteiger charge is 2.63. The molecule has 1 aromatic rings. The molecule has 3 aliphatic carbocycles. The number of hydrogen-bond donors (Lipinski definition) is 5. The first kappa shape index (κ1) is 31.0. The van der Waals surface area contributed by atoms with Gasteiger partial charge in [-0.2, -0.15) is 13.2 Å². The molecule has 43 heavy (non-hydrogen) atoms. The molecule has 4 atom stereocenters. The number of phenolic OH excluding ortho intramolecular Hbond substituents is 1. The molecule has 6 N–H and O–H groups in total. The van der Waals surface area contributed by atoms with E-state index in [0.717, 1.165) is 18.9 Å². The average molecular weight is 608 g/mol. The highest BCUT2D eigenvalue weighted by molar-refractivity contribution is 6.24. The summed E-state index contributed by atoms with van der Waals surface area (Å²) in [5.74, 6) is -8.94. The molecule has 0 aromatic heterocycles. The minimum absolute atomic E-state index is 0.0637. The van der Waals surface area contributed by atoms with E-state index in [9.17, 15) is 48.0 Å². The number of hydrogen-bond acceptors (Lipinski definition) is 9. The second-order valence-electron chi connectivity index (χ2n) is 13.2. The second-order valence-corrected chi connectivity index (χ2v) is 13.2. The molecule has 0 spiro atoms. The first-order valence-corrected chi connectivity index (χ1v) is 14.1. The van der Waals surface area contributed by atoms with Gasteiger partial charge in [0.15, 0.2) is 11.4 Å². The summed E-state index contributed by atoms with van der Waals surface area (Å²) in [5.41, 5.74) is -1.23. The molecular weight excluding hydrogens is 571 g/mol. The summed E-state index contributed by atoms with van der Waals surface area (Å²) in [6.07, 6.45) is -4.04. The summed E-state index contributed by atoms with van der Waals surface area (Å²) >= 11 is 0. The molecule has 1 amide bonds. The number of allylic oxidation sites excluding steroid dienone is 1. The Labute approximate surface area is 246 Å². The number of likely N-dealkylation sites (N-methyl/N-ethyl adjacent to an activating group) is 1. The molecular formula is C30H36F3N3O7. The Morgan fingerprint density at radius 3 is 2.28 bits per heavy atom. The molecule has 0 bridgehead atoms. The van der Waals surface area contributed by atoms with E-state index >= 15 is 0 Å². The van der Waals surface area contributed by atoms with Crippen molar-refractivity contribution in [1.29, 1.82) is 0 Å². The number of benzene rings is 1. The predicted molar refractivity (Wildman–Crippen MR) is 147 cm³/mol. The predicted octanol–water partition coefficient (Wildman–Crippen LogP) is 2.76. The van der Waals surface area contributed by atoms with Crippen LogP contribution in [0.5, 0.6) is 5.75 Å². The van der Waals surface area contributed by atoms with Crippen LogP contribution in [0.4, 0.5) is 13.2 Å². The lowest BCUT2D eigenvalue weighted by molar-refractivity contribution is -0.148. The number of ketones is 2. The van der Waals surface area contributed by atoms with Gasteiger partial charge < -0.3 is 26.2 Å². The van der Waals surface area contributed by atoms with Crippen LogP contribution in [0, 0.1) is 17.3 Å². The Morgan fingerprint density at radius 2 is 1.74 bits per heavy atom. The Kier molecular flexibility index (Phi) is 7.26. The van der Waals surface area contributed by atoms with E-state index in [1.165, 1.54) is 19.0 Å². The number of aromatic hydroxyl groups is 1. The number of primary amides is 1. The van der Waals surface area contributed by atoms with E-state index in [1.807, 2.05) is 4.90 Å². The molecule has 1 heterocycles. The van der Waals surface area contributed by atoms with Gasteiger partial charge in [-0.1, -0.05) is 13.8 Å². The summed E-state index contributed by atoms with van der Waals surface area (Å²) in [6.45, 7) is 5.23. The van der Waals surface area contributed by atoms with Gasteiger partial charge in [0.05, 0.1) is 17.2 Å². The zero-order chi connectivity index (χ0) is 32.0. The third-order valence-corrected chi connectivity index (χ3v) is 9.69. The van der Waals surface area contributed by atoms with E-state index in [2.05, 4.69) is 13.8 Å². The molecule has 5 rings (SSSR count). The van der Waals surface area contributed by atoms with Crippen molar-refractivity contribution in [2.45, 2.75) is 63.9 Å². The average Bonchev–Trinajstić information content (AvgIpc) is 2.86. The van der Waals surface area contributed by atoms with Crippen molar-refractivity contribution in [3.05, 3.63) is 51.0 Å². The molecule has 0 unspecified atom stereocenters. The number of amides is 1. The van der Waals surface area contributed by atoms with Gasteiger partial charge in [0, 0.05) is 18.0 Å². The lowest BCUT2D eigenvalue weighted by Crippen LogP contribution is -2.63. The van der Waals surface area contributed by atoms with Crippen LogP contribution >= 0.6 is 0 Å². The van der Waals surface area contributed by atoms with Gasteiger partial charge in [-0.25, -0.2) is 0 Å². The summed E-state index contributed by atoms with van der Waals surface area (Å²) in [7, 11) is 2.95. The van der Waals surface area contributed by atoms with Crippen LogP contribution in [0.3, 0.4) is 0 Å². The third kappa shape index (κ3) is 4.72. The zero-order valence-corrected chi connectivity index (χ0v) is 24.4. The van der Waals surface area contributed by atoms with E-state index < -0.39 is 98.7 Å². The number of rotatable bonds is 4. The summed E-state index contributed by atoms with van der Waals surface area (Å²) < 4.78 is 44.2. The Balaban J connectivity index is 1.65. The summed E-state index contributed by atoms with van der Waals surface area (Å²) in [6, 6.07) is -0.312. The molecule has 10 nitrogen and oxygen atoms in total. The molecule has 0 radical (unpaired) electrons. The van der Waals surface area contributed by atoms with Gasteiger partial charge in [-0.3, -0.25) is 24.2 Å². The van der Waals surface area contributed by atoms with Crippen molar-refractivity contribution < 1.29 is 48.0 Å². The maximum absolute atomic E-state index is 14.7. The van der Waals surface area contributed by atoms with E-state index in [4.69, 9.17) is 5.73 Å². The van der Waals surface area contributed by atoms with E-state index in [0.29, 0.717) is 13.1 Å². The fraction of sp³-hybridized carbons (Fsp3) is 0.567. The number of phenols is 1. The van der Waals surface area contributed by atoms with Crippen LogP contribution in [0.1, 0.15) is 60.2 Å². The number of Topliss-reactive ketones (excluding diaryl/α,β-unsaturated/α-hetero) is 2. The molecule has 13 heteroatoms. The molecule has 1 aromatic carbocycles. The number of nitrogens with two attached hydrogens (primary N) is 1. The Bertz CT molecular complexity index is 1490. The number of aliphatic hydroxyl groups excluding tert-OH is 2. The maximum atomic E-state index is 14.7. The van der Waals surface area contributed by atoms with Crippen LogP contribution in [-0.4, -0.2) is 86.5 Å². The van der Waals surface area contributed by atoms with Gasteiger partial charge in [0.25, 0.3) is 5.91 Å². The largest absolute Gasteiger partial charge is 0.510 e. The number of carbonyl (C=O) groups excluding carboxylic acids is 3. The smallest absolute Gasteiger partial charge is 0.417 e. The maximum Gasteiger partial charge on any atom is 0.417 e. The molecule has 0 saturated carbocycles. The van der Waals surface area contributed by atoms with Crippen molar-refractivity contribution >= 4 is 17.5 Å². The number of alkyl halides is 3. The number of piperidine rings is 1. The van der Waals surface area contributed by atoms with E-state index in [1.54, 1.807) is 0 Å². The van der Waals surface area contributed by atoms with Gasteiger partial charge in [0.1, 0.15) is 22.8 Å². The highest BCUT2D eigenvalue weighted by atomic mass is 19.4. The standard InChI is InChI=1S/C30H36F3N3O7/c1-28(2)5-7-36(8-6-28)12-14-11-17(37)19-15(21(14)30(31,32)33)9-13-10-16-22(35(3)4)24(39)20(27(34)42)26(41)29(16,43)25(40)18(13)23(19)38/h11,13,16,22,37,39-40,43H,5-10,12H2,1-4H3,(H2,34,42)/t13-,16-,22-,29-/m0/s1. The Hall–Kier alpha value is -3.42. The Morgan fingerprint density at radius 1 is 1.14 bits per heavy atom. The highest BCUT2D eigenvalue weighted by Crippen LogP contribution is 2.54. The normalized spacial score (nSPS) is 29.5. The van der Waals surface area contributed by atoms with Crippen molar-refractivity contribution in [2.24, 2.45) is 23.0 Å². The van der Waals surface area contributed by atoms with E-state index in [-0.39, 0.29) is 23.9 Å². The number of carbonyl (C=O) groups is 3. The van der Waals surface area contributed by atoms with Crippen molar-refractivity contribution in [1.82, 2.24) is 9.80 Å². The minimum Gasteiger partial charge on any atom is -0.510 e. The molecule has 4 aliphatic rings. The van der Waals surface area contributed by atoms with Gasteiger partial charge in [-0.05, 0) is 81.4 Å². The monoisotopic (exact) mass is 607 g/mol. The van der Waals surface area contributed by atoms with Crippen LogP contribution in [0.15, 0.2) is 28.7 Å². The zero-order valence-electron chi connectivity index (χ0n) is 24.4. The minimum atomic E-state index is -4.88. The number of halogens is 3. The number of fused-ring (bicyclic) bond motifs is 3. The number of aliphatic hydroxyl groups is 3. The first-order valence-electron chi connectivity index (χ1n) is 14.1. The third-order valence-electron chi connectivity index (χ3n) is 9.69. The van der Waals surface area contributed by atoms with Crippen LogP contribution in [0.2, 0.25) is 0 Å². The molecule has 1 fully saturated rings. The fourth-order valence-electron chi connectivity index (χ4n) is 7.43. The summed E-state index contributed by atoms with van der Waals surface area (Å²) in [4.78, 5) is 42.5. The molecule has 234 valence electrons. The SMILES string of the molecule is CN(C)[C@@H]1C(O)=C(C(N)=O)C(=O)[C@@]2(O)C(O)=C3C(=O)c4c(O)cc(CN5CCC(C)(C)CC5)c(C(F)(F)F)c4C[C@H]3C[C@@H]12. The lowest BCUT2D eigenvalue weighted by atomic mass is 9.58. The molecule has 1 saturated heterocycles. The van der Waals surface area contributed by atoms with Crippen LogP contribution in [0.25, 0.3) is 0 Å². The van der Waals surface area contributed by atoms with Gasteiger partial charge in [-0.15, -0.1) is 0 Å². The second kappa shape index (κ2) is 10.1. The molecule has 1 aliphatic heterocycles. The quantitative estimate of drug-likeness (QED) is 0.324. The van der Waals surface area contributed by atoms with Gasteiger partial charge in [0.2, 0.25) is 5.78 Å². The lowest BCUT2D eigenvalue weighted by Gasteiger charge is -2.50. The van der Waals surface area contributed by atoms with Crippen molar-refractivity contribution in [2.75, 3.05) is 27.2 Å².